The third-order valence-electron chi connectivity index (χ3n) is 2.99. The highest BCUT2D eigenvalue weighted by atomic mass is 16.3. The monoisotopic (exact) mass is 186 g/mol. The van der Waals surface area contributed by atoms with Gasteiger partial charge in [-0.3, -0.25) is 10.2 Å². The topological polar surface area (TPSA) is 55.7 Å². The molecular formula is C9H18N2O2. The molecule has 0 aromatic rings. The summed E-state index contributed by atoms with van der Waals surface area (Å²) < 4.78 is 0. The van der Waals surface area contributed by atoms with Gasteiger partial charge in [0.05, 0.1) is 12.2 Å². The lowest BCUT2D eigenvalue weighted by atomic mass is 10.2. The van der Waals surface area contributed by atoms with Crippen molar-refractivity contribution in [1.82, 2.24) is 10.2 Å². The molecule has 1 aliphatic heterocycles. The van der Waals surface area contributed by atoms with Gasteiger partial charge in [0.1, 0.15) is 0 Å². The van der Waals surface area contributed by atoms with Gasteiger partial charge >= 0.3 is 0 Å². The third-order valence-corrected chi connectivity index (χ3v) is 2.99. The zero-order chi connectivity index (χ0) is 9.26. The first-order valence-corrected chi connectivity index (χ1v) is 5.07. The zero-order valence-electron chi connectivity index (χ0n) is 7.82. The number of nitrogens with one attached hydrogen (secondary N) is 1. The Bertz CT molecular complexity index is 171. The molecule has 2 fully saturated rings. The zero-order valence-corrected chi connectivity index (χ0v) is 7.82. The number of aliphatic hydroxyl groups excluding tert-OH is 2. The van der Waals surface area contributed by atoms with Crippen LogP contribution in [0.15, 0.2) is 0 Å². The Morgan fingerprint density at radius 2 is 2.00 bits per heavy atom. The number of nitrogens with zero attached hydrogens (tertiary/aromatic N) is 1. The third kappa shape index (κ3) is 2.20. The molecule has 4 heteroatoms. The molecule has 4 nitrogen and oxygen atoms in total. The summed E-state index contributed by atoms with van der Waals surface area (Å²) in [6.45, 7) is 2.35. The van der Waals surface area contributed by atoms with Crippen LogP contribution in [0.5, 0.6) is 0 Å². The maximum atomic E-state index is 9.51. The first-order chi connectivity index (χ1) is 6.25. The van der Waals surface area contributed by atoms with Gasteiger partial charge in [0, 0.05) is 25.8 Å². The normalized spacial score (nSPS) is 36.5. The Kier molecular flexibility index (Phi) is 2.83. The average Bonchev–Trinajstić information content (AvgIpc) is 2.43. The Hall–Kier alpha value is -0.160. The Morgan fingerprint density at radius 1 is 1.23 bits per heavy atom. The summed E-state index contributed by atoms with van der Waals surface area (Å²) >= 11 is 0. The van der Waals surface area contributed by atoms with Gasteiger partial charge in [0.15, 0.2) is 0 Å². The first kappa shape index (κ1) is 9.40. The summed E-state index contributed by atoms with van der Waals surface area (Å²) in [6.07, 6.45) is 2.85. The molecule has 0 unspecified atom stereocenters. The summed E-state index contributed by atoms with van der Waals surface area (Å²) in [6, 6.07) is 0.276. The van der Waals surface area contributed by atoms with Gasteiger partial charge in [-0.1, -0.05) is 0 Å². The lowest BCUT2D eigenvalue weighted by Gasteiger charge is -2.36. The van der Waals surface area contributed by atoms with Crippen LogP contribution in [0, 0.1) is 0 Å². The number of hydrogen-bond acceptors (Lipinski definition) is 4. The molecule has 13 heavy (non-hydrogen) atoms. The highest BCUT2D eigenvalue weighted by Gasteiger charge is 2.28. The van der Waals surface area contributed by atoms with Gasteiger partial charge < -0.3 is 10.2 Å². The molecule has 1 saturated heterocycles. The van der Waals surface area contributed by atoms with Crippen LogP contribution in [0.3, 0.4) is 0 Å². The van der Waals surface area contributed by atoms with E-state index in [1.165, 1.54) is 0 Å². The lowest BCUT2D eigenvalue weighted by molar-refractivity contribution is -0.00704. The van der Waals surface area contributed by atoms with E-state index >= 15 is 0 Å². The van der Waals surface area contributed by atoms with Crippen molar-refractivity contribution in [2.24, 2.45) is 0 Å². The van der Waals surface area contributed by atoms with Crippen molar-refractivity contribution < 1.29 is 10.2 Å². The van der Waals surface area contributed by atoms with E-state index in [4.69, 9.17) is 5.11 Å². The summed E-state index contributed by atoms with van der Waals surface area (Å²) in [5, 5.41) is 21.9. The fraction of sp³-hybridized carbons (Fsp3) is 1.00. The fourth-order valence-corrected chi connectivity index (χ4v) is 2.10. The van der Waals surface area contributed by atoms with Crippen LogP contribution in [0.1, 0.15) is 19.3 Å². The van der Waals surface area contributed by atoms with Gasteiger partial charge in [-0.2, -0.15) is 0 Å². The van der Waals surface area contributed by atoms with Crippen molar-refractivity contribution in [1.29, 1.82) is 0 Å². The Balaban J connectivity index is 1.62. The second-order valence-corrected chi connectivity index (χ2v) is 4.16. The molecule has 0 spiro atoms. The van der Waals surface area contributed by atoms with Gasteiger partial charge in [0.2, 0.25) is 0 Å². The Morgan fingerprint density at radius 3 is 2.54 bits per heavy atom. The largest absolute Gasteiger partial charge is 0.392 e. The molecule has 2 aliphatic rings. The van der Waals surface area contributed by atoms with Gasteiger partial charge in [-0.15, -0.1) is 0 Å². The van der Waals surface area contributed by atoms with Crippen LogP contribution in [0.2, 0.25) is 0 Å². The molecule has 0 bridgehead atoms. The summed E-state index contributed by atoms with van der Waals surface area (Å²) in [5.41, 5.74) is 0. The van der Waals surface area contributed by atoms with E-state index in [9.17, 15) is 5.11 Å². The second kappa shape index (κ2) is 3.92. The molecule has 0 aromatic heterocycles. The van der Waals surface area contributed by atoms with Crippen LogP contribution >= 0.6 is 0 Å². The molecule has 0 aromatic carbocycles. The van der Waals surface area contributed by atoms with Crippen molar-refractivity contribution in [3.8, 4) is 0 Å². The number of aliphatic hydroxyl groups is 2. The van der Waals surface area contributed by atoms with Crippen molar-refractivity contribution in [2.45, 2.75) is 37.5 Å². The van der Waals surface area contributed by atoms with E-state index in [-0.39, 0.29) is 18.2 Å². The first-order valence-electron chi connectivity index (χ1n) is 5.07. The van der Waals surface area contributed by atoms with E-state index in [2.05, 4.69) is 10.2 Å². The minimum absolute atomic E-state index is 0.129. The van der Waals surface area contributed by atoms with Crippen LogP contribution in [0.4, 0.5) is 0 Å². The smallest absolute Gasteiger partial charge is 0.0794 e. The molecule has 3 N–H and O–H groups in total. The van der Waals surface area contributed by atoms with Crippen LogP contribution < -0.4 is 5.32 Å². The number of hydrogen-bond donors (Lipinski definition) is 3. The van der Waals surface area contributed by atoms with Crippen molar-refractivity contribution >= 4 is 0 Å². The summed E-state index contributed by atoms with van der Waals surface area (Å²) in [4.78, 5) is 2.15. The van der Waals surface area contributed by atoms with Crippen molar-refractivity contribution in [2.75, 3.05) is 19.8 Å². The molecule has 0 radical (unpaired) electrons. The number of rotatable bonds is 3. The van der Waals surface area contributed by atoms with Gasteiger partial charge in [-0.25, -0.2) is 0 Å². The van der Waals surface area contributed by atoms with Crippen molar-refractivity contribution in [3.05, 3.63) is 0 Å². The maximum Gasteiger partial charge on any atom is 0.0794 e. The molecule has 1 saturated carbocycles. The lowest BCUT2D eigenvalue weighted by Crippen LogP contribution is -2.55. The highest BCUT2D eigenvalue weighted by molar-refractivity contribution is 4.84. The van der Waals surface area contributed by atoms with E-state index in [1.54, 1.807) is 0 Å². The molecule has 2 atom stereocenters. The predicted molar refractivity (Wildman–Crippen MR) is 49.2 cm³/mol. The molecule has 2 rings (SSSR count). The van der Waals surface area contributed by atoms with Gasteiger partial charge in [0.25, 0.3) is 0 Å². The molecule has 1 aliphatic carbocycles. The minimum atomic E-state index is -0.161. The van der Waals surface area contributed by atoms with Crippen molar-refractivity contribution in [3.63, 3.8) is 0 Å². The predicted octanol–water partition coefficient (Wildman–Crippen LogP) is -0.877. The summed E-state index contributed by atoms with van der Waals surface area (Å²) in [7, 11) is 0. The van der Waals surface area contributed by atoms with Gasteiger partial charge in [-0.05, 0) is 19.3 Å². The molecule has 0 amide bonds. The fourth-order valence-electron chi connectivity index (χ4n) is 2.10. The Labute approximate surface area is 78.5 Å². The molecular weight excluding hydrogens is 168 g/mol. The molecule has 1 heterocycles. The molecule has 76 valence electrons. The van der Waals surface area contributed by atoms with E-state index < -0.39 is 0 Å². The number of β-amino-alcohol motifs (C(OH)–C–C–N with tert-alkyl or cyclic N) is 1. The minimum Gasteiger partial charge on any atom is -0.392 e. The van der Waals surface area contributed by atoms with Crippen LogP contribution in [-0.4, -0.2) is 53.1 Å². The second-order valence-electron chi connectivity index (χ2n) is 4.16. The van der Waals surface area contributed by atoms with Crippen LogP contribution in [0.25, 0.3) is 0 Å². The van der Waals surface area contributed by atoms with E-state index in [0.717, 1.165) is 39.0 Å². The van der Waals surface area contributed by atoms with Crippen LogP contribution in [-0.2, 0) is 0 Å². The SMILES string of the molecule is OC1CN(CN[C@H]2CCC[C@@H]2O)C1. The highest BCUT2D eigenvalue weighted by Crippen LogP contribution is 2.18. The van der Waals surface area contributed by atoms with E-state index in [1.807, 2.05) is 0 Å². The summed E-state index contributed by atoms with van der Waals surface area (Å²) in [5.74, 6) is 0. The maximum absolute atomic E-state index is 9.51. The quantitative estimate of drug-likeness (QED) is 0.536. The van der Waals surface area contributed by atoms with E-state index in [0.29, 0.717) is 0 Å². The number of likely N-dealkylation sites (tertiary alicyclic amines) is 1. The standard InChI is InChI=1S/C9H18N2O2/c12-7-4-11(5-7)6-10-8-2-1-3-9(8)13/h7-10,12-13H,1-6H2/t8-,9-/m0/s1. The average molecular weight is 186 g/mol.